The predicted molar refractivity (Wildman–Crippen MR) is 66.5 cm³/mol. The molecule has 0 saturated carbocycles. The van der Waals surface area contributed by atoms with Crippen molar-refractivity contribution in [3.05, 3.63) is 23.6 Å². The Balaban J connectivity index is 2.77. The lowest BCUT2D eigenvalue weighted by Crippen LogP contribution is -2.22. The molecule has 2 nitrogen and oxygen atoms in total. The third-order valence-electron chi connectivity index (χ3n) is 2.46. The molecule has 0 spiro atoms. The second kappa shape index (κ2) is 6.04. The number of hydrogen-bond acceptors (Lipinski definition) is 2. The maximum absolute atomic E-state index is 13.0. The van der Waals surface area contributed by atoms with E-state index in [4.69, 9.17) is 11.6 Å². The van der Waals surface area contributed by atoms with E-state index in [0.717, 1.165) is 24.3 Å². The monoisotopic (exact) mass is 244 g/mol. The molecular formula is C12H18ClFN2. The van der Waals surface area contributed by atoms with Crippen LogP contribution >= 0.6 is 11.6 Å². The van der Waals surface area contributed by atoms with Crippen molar-refractivity contribution in [2.75, 3.05) is 18.5 Å². The molecular weight excluding hydrogens is 227 g/mol. The molecule has 0 radical (unpaired) electrons. The van der Waals surface area contributed by atoms with Gasteiger partial charge in [0, 0.05) is 19.2 Å². The molecule has 16 heavy (non-hydrogen) atoms. The van der Waals surface area contributed by atoms with Gasteiger partial charge in [-0.05, 0) is 18.4 Å². The lowest BCUT2D eigenvalue weighted by atomic mass is 10.1. The number of nitrogens with zero attached hydrogens (tertiary/aromatic N) is 2. The van der Waals surface area contributed by atoms with Gasteiger partial charge in [-0.1, -0.05) is 13.8 Å². The number of hydrogen-bond donors (Lipinski definition) is 0. The highest BCUT2D eigenvalue weighted by Gasteiger charge is 2.10. The van der Waals surface area contributed by atoms with Crippen molar-refractivity contribution in [3.63, 3.8) is 0 Å². The number of alkyl halides is 1. The first-order valence-electron chi connectivity index (χ1n) is 5.46. The molecule has 0 amide bonds. The molecule has 0 aromatic carbocycles. The van der Waals surface area contributed by atoms with Crippen molar-refractivity contribution in [1.82, 2.24) is 4.98 Å². The molecule has 0 unspecified atom stereocenters. The van der Waals surface area contributed by atoms with Crippen LogP contribution in [0.15, 0.2) is 12.3 Å². The van der Waals surface area contributed by atoms with Crippen LogP contribution in [-0.2, 0) is 5.88 Å². The molecule has 0 fully saturated rings. The molecule has 1 aromatic rings. The Labute approximate surface area is 101 Å². The van der Waals surface area contributed by atoms with Crippen molar-refractivity contribution in [3.8, 4) is 0 Å². The highest BCUT2D eigenvalue weighted by atomic mass is 35.5. The molecule has 1 heterocycles. The summed E-state index contributed by atoms with van der Waals surface area (Å²) in [5, 5.41) is 0. The molecule has 0 saturated heterocycles. The number of halogens is 2. The zero-order valence-corrected chi connectivity index (χ0v) is 10.8. The summed E-state index contributed by atoms with van der Waals surface area (Å²) in [5.74, 6) is 1.36. The van der Waals surface area contributed by atoms with E-state index in [1.54, 1.807) is 0 Å². The van der Waals surface area contributed by atoms with Crippen molar-refractivity contribution >= 4 is 17.4 Å². The van der Waals surface area contributed by atoms with E-state index in [1.165, 1.54) is 12.3 Å². The maximum Gasteiger partial charge on any atom is 0.141 e. The Kier molecular flexibility index (Phi) is 5.00. The van der Waals surface area contributed by atoms with Crippen LogP contribution in [0, 0.1) is 11.7 Å². The fraction of sp³-hybridized carbons (Fsp3) is 0.583. The topological polar surface area (TPSA) is 16.1 Å². The normalized spacial score (nSPS) is 10.9. The van der Waals surface area contributed by atoms with Gasteiger partial charge in [-0.25, -0.2) is 9.37 Å². The molecule has 0 aliphatic heterocycles. The Morgan fingerprint density at radius 3 is 2.75 bits per heavy atom. The summed E-state index contributed by atoms with van der Waals surface area (Å²) in [6.07, 6.45) is 2.31. The molecule has 1 rings (SSSR count). The van der Waals surface area contributed by atoms with Crippen LogP contribution in [0.5, 0.6) is 0 Å². The minimum absolute atomic E-state index is 0.284. The second-order valence-electron chi connectivity index (χ2n) is 4.37. The van der Waals surface area contributed by atoms with E-state index < -0.39 is 0 Å². The first kappa shape index (κ1) is 13.2. The minimum atomic E-state index is -0.336. The fourth-order valence-electron chi connectivity index (χ4n) is 1.47. The van der Waals surface area contributed by atoms with E-state index in [0.29, 0.717) is 5.92 Å². The molecule has 0 N–H and O–H groups in total. The van der Waals surface area contributed by atoms with Gasteiger partial charge in [0.2, 0.25) is 0 Å². The van der Waals surface area contributed by atoms with Gasteiger partial charge in [-0.3, -0.25) is 0 Å². The standard InChI is InChI=1S/C12H18ClFN2/c1-9(2)4-5-16(3)12-10(7-13)6-11(14)8-15-12/h6,8-9H,4-5,7H2,1-3H3. The summed E-state index contributed by atoms with van der Waals surface area (Å²) in [5.41, 5.74) is 0.743. The van der Waals surface area contributed by atoms with Crippen molar-refractivity contribution in [1.29, 1.82) is 0 Å². The van der Waals surface area contributed by atoms with E-state index >= 15 is 0 Å². The first-order valence-corrected chi connectivity index (χ1v) is 5.99. The average Bonchev–Trinajstić information content (AvgIpc) is 2.25. The van der Waals surface area contributed by atoms with Gasteiger partial charge >= 0.3 is 0 Å². The lowest BCUT2D eigenvalue weighted by molar-refractivity contribution is 0.581. The lowest BCUT2D eigenvalue weighted by Gasteiger charge is -2.21. The van der Waals surface area contributed by atoms with Crippen molar-refractivity contribution in [2.45, 2.75) is 26.1 Å². The predicted octanol–water partition coefficient (Wildman–Crippen LogP) is 3.44. The van der Waals surface area contributed by atoms with Gasteiger partial charge in [0.1, 0.15) is 11.6 Å². The van der Waals surface area contributed by atoms with E-state index in [2.05, 4.69) is 18.8 Å². The second-order valence-corrected chi connectivity index (χ2v) is 4.64. The summed E-state index contributed by atoms with van der Waals surface area (Å²) in [4.78, 5) is 6.12. The van der Waals surface area contributed by atoms with Gasteiger partial charge in [-0.15, -0.1) is 11.6 Å². The highest BCUT2D eigenvalue weighted by molar-refractivity contribution is 6.17. The van der Waals surface area contributed by atoms with Crippen LogP contribution in [0.3, 0.4) is 0 Å². The zero-order valence-electron chi connectivity index (χ0n) is 10.0. The molecule has 4 heteroatoms. The van der Waals surface area contributed by atoms with Crippen LogP contribution in [0.1, 0.15) is 25.8 Å². The summed E-state index contributed by atoms with van der Waals surface area (Å²) < 4.78 is 13.0. The number of aromatic nitrogens is 1. The maximum atomic E-state index is 13.0. The van der Waals surface area contributed by atoms with Crippen molar-refractivity contribution in [2.24, 2.45) is 5.92 Å². The number of anilines is 1. The molecule has 0 atom stereocenters. The summed E-state index contributed by atoms with van der Waals surface area (Å²) in [7, 11) is 1.96. The third-order valence-corrected chi connectivity index (χ3v) is 2.74. The molecule has 0 aliphatic rings. The average molecular weight is 245 g/mol. The summed E-state index contributed by atoms with van der Waals surface area (Å²) in [6, 6.07) is 1.45. The Bertz CT molecular complexity index is 342. The van der Waals surface area contributed by atoms with Gasteiger partial charge in [0.05, 0.1) is 12.1 Å². The van der Waals surface area contributed by atoms with Gasteiger partial charge in [-0.2, -0.15) is 0 Å². The van der Waals surface area contributed by atoms with Gasteiger partial charge in [0.15, 0.2) is 0 Å². The fourth-order valence-corrected chi connectivity index (χ4v) is 1.67. The number of pyridine rings is 1. The van der Waals surface area contributed by atoms with Crippen LogP contribution in [0.25, 0.3) is 0 Å². The third kappa shape index (κ3) is 3.63. The molecule has 90 valence electrons. The largest absolute Gasteiger partial charge is 0.359 e. The Morgan fingerprint density at radius 1 is 1.50 bits per heavy atom. The minimum Gasteiger partial charge on any atom is -0.359 e. The number of rotatable bonds is 5. The Hall–Kier alpha value is -0.830. The van der Waals surface area contributed by atoms with Gasteiger partial charge < -0.3 is 4.90 Å². The van der Waals surface area contributed by atoms with Crippen LogP contribution in [-0.4, -0.2) is 18.6 Å². The zero-order chi connectivity index (χ0) is 12.1. The van der Waals surface area contributed by atoms with Gasteiger partial charge in [0.25, 0.3) is 0 Å². The highest BCUT2D eigenvalue weighted by Crippen LogP contribution is 2.20. The van der Waals surface area contributed by atoms with E-state index in [-0.39, 0.29) is 11.7 Å². The summed E-state index contributed by atoms with van der Waals surface area (Å²) in [6.45, 7) is 5.25. The van der Waals surface area contributed by atoms with Crippen molar-refractivity contribution < 1.29 is 4.39 Å². The molecule has 0 bridgehead atoms. The summed E-state index contributed by atoms with van der Waals surface area (Å²) >= 11 is 5.78. The van der Waals surface area contributed by atoms with E-state index in [9.17, 15) is 4.39 Å². The Morgan fingerprint density at radius 2 is 2.19 bits per heavy atom. The quantitative estimate of drug-likeness (QED) is 0.738. The van der Waals surface area contributed by atoms with Crippen LogP contribution in [0.4, 0.5) is 10.2 Å². The SMILES string of the molecule is CC(C)CCN(C)c1ncc(F)cc1CCl. The first-order chi connectivity index (χ1) is 7.54. The van der Waals surface area contributed by atoms with Crippen LogP contribution < -0.4 is 4.90 Å². The molecule has 0 aliphatic carbocycles. The van der Waals surface area contributed by atoms with Crippen LogP contribution in [0.2, 0.25) is 0 Å². The molecule has 1 aromatic heterocycles. The van der Waals surface area contributed by atoms with E-state index in [1.807, 2.05) is 11.9 Å². The smallest absolute Gasteiger partial charge is 0.141 e.